The molecule has 0 amide bonds. The summed E-state index contributed by atoms with van der Waals surface area (Å²) >= 11 is 0. The predicted molar refractivity (Wildman–Crippen MR) is 110 cm³/mol. The van der Waals surface area contributed by atoms with Crippen molar-refractivity contribution in [2.75, 3.05) is 20.1 Å². The van der Waals surface area contributed by atoms with Crippen molar-refractivity contribution in [2.24, 2.45) is 5.73 Å². The number of hydrogen-bond acceptors (Lipinski definition) is 5. The van der Waals surface area contributed by atoms with Gasteiger partial charge in [-0.25, -0.2) is 8.78 Å². The van der Waals surface area contributed by atoms with Crippen LogP contribution in [-0.2, 0) is 11.2 Å². The summed E-state index contributed by atoms with van der Waals surface area (Å²) in [5, 5.41) is 13.2. The van der Waals surface area contributed by atoms with Gasteiger partial charge in [0.05, 0.1) is 6.10 Å². The lowest BCUT2D eigenvalue weighted by molar-refractivity contribution is -0.0980. The third kappa shape index (κ3) is 10.2. The molecule has 1 aliphatic heterocycles. The smallest absolute Gasteiger partial charge is 0.126 e. The van der Waals surface area contributed by atoms with Crippen LogP contribution in [0.5, 0.6) is 0 Å². The Hall–Kier alpha value is -1.41. The van der Waals surface area contributed by atoms with Gasteiger partial charge in [-0.05, 0) is 84.3 Å². The zero-order valence-corrected chi connectivity index (χ0v) is 17.8. The van der Waals surface area contributed by atoms with Gasteiger partial charge < -0.3 is 21.0 Å². The van der Waals surface area contributed by atoms with Crippen molar-refractivity contribution in [3.63, 3.8) is 0 Å². The number of nitrogens with zero attached hydrogens (tertiary/aromatic N) is 1. The van der Waals surface area contributed by atoms with E-state index >= 15 is 0 Å². The second-order valence-corrected chi connectivity index (χ2v) is 8.16. The Balaban J connectivity index is 0.000000780. The number of carbonyl (C=O) groups is 1. The van der Waals surface area contributed by atoms with Crippen LogP contribution >= 0.6 is 0 Å². The van der Waals surface area contributed by atoms with E-state index in [0.717, 1.165) is 37.6 Å². The van der Waals surface area contributed by atoms with E-state index in [1.807, 2.05) is 13.8 Å². The van der Waals surface area contributed by atoms with Crippen LogP contribution in [-0.4, -0.2) is 60.7 Å². The van der Waals surface area contributed by atoms with Crippen LogP contribution in [0.2, 0.25) is 0 Å². The molecule has 28 heavy (non-hydrogen) atoms. The van der Waals surface area contributed by atoms with E-state index in [0.29, 0.717) is 18.1 Å². The SMILES string of the molecule is C=O.CC1CCCN1CC(O)C(N)Cc1cc(F)ccc1F.CNC(C)(C)C. The Labute approximate surface area is 168 Å². The minimum absolute atomic E-state index is 0.132. The number of nitrogens with one attached hydrogen (secondary N) is 1. The highest BCUT2D eigenvalue weighted by Gasteiger charge is 2.25. The van der Waals surface area contributed by atoms with Crippen molar-refractivity contribution in [1.29, 1.82) is 0 Å². The quantitative estimate of drug-likeness (QED) is 0.707. The van der Waals surface area contributed by atoms with E-state index in [2.05, 4.69) is 37.9 Å². The van der Waals surface area contributed by atoms with Crippen molar-refractivity contribution in [2.45, 2.75) is 70.7 Å². The lowest BCUT2D eigenvalue weighted by Crippen LogP contribution is -2.45. The van der Waals surface area contributed by atoms with Crippen molar-refractivity contribution in [3.8, 4) is 0 Å². The molecular weight excluding hydrogens is 364 g/mol. The van der Waals surface area contributed by atoms with Gasteiger partial charge in [-0.15, -0.1) is 0 Å². The number of rotatable bonds is 5. The second-order valence-electron chi connectivity index (χ2n) is 8.16. The Bertz CT molecular complexity index is 567. The number of nitrogens with two attached hydrogens (primary N) is 1. The van der Waals surface area contributed by atoms with Gasteiger partial charge in [0.15, 0.2) is 0 Å². The molecule has 2 rings (SSSR count). The van der Waals surface area contributed by atoms with Crippen LogP contribution < -0.4 is 11.1 Å². The van der Waals surface area contributed by atoms with E-state index in [4.69, 9.17) is 10.5 Å². The molecule has 162 valence electrons. The third-order valence-corrected chi connectivity index (χ3v) is 4.82. The molecule has 0 aromatic heterocycles. The van der Waals surface area contributed by atoms with Crippen molar-refractivity contribution in [3.05, 3.63) is 35.4 Å². The van der Waals surface area contributed by atoms with Crippen LogP contribution in [0.15, 0.2) is 18.2 Å². The first kappa shape index (κ1) is 26.6. The van der Waals surface area contributed by atoms with Gasteiger partial charge in [0.2, 0.25) is 0 Å². The third-order valence-electron chi connectivity index (χ3n) is 4.82. The highest BCUT2D eigenvalue weighted by atomic mass is 19.1. The first-order valence-corrected chi connectivity index (χ1v) is 9.63. The Morgan fingerprint density at radius 1 is 1.36 bits per heavy atom. The Morgan fingerprint density at radius 2 is 1.93 bits per heavy atom. The van der Waals surface area contributed by atoms with Crippen molar-refractivity contribution < 1.29 is 18.7 Å². The molecule has 1 aromatic carbocycles. The van der Waals surface area contributed by atoms with E-state index in [-0.39, 0.29) is 12.0 Å². The molecule has 1 aromatic rings. The second kappa shape index (κ2) is 12.9. The van der Waals surface area contributed by atoms with Crippen molar-refractivity contribution in [1.82, 2.24) is 10.2 Å². The highest BCUT2D eigenvalue weighted by molar-refractivity contribution is 5.20. The molecule has 1 saturated heterocycles. The molecular formula is C21H37F2N3O2. The number of aliphatic hydroxyl groups excluding tert-OH is 1. The zero-order valence-electron chi connectivity index (χ0n) is 17.8. The first-order chi connectivity index (χ1) is 13.0. The predicted octanol–water partition coefficient (Wildman–Crippen LogP) is 2.50. The Kier molecular flexibility index (Phi) is 12.3. The van der Waals surface area contributed by atoms with Gasteiger partial charge in [-0.2, -0.15) is 0 Å². The van der Waals surface area contributed by atoms with Crippen LogP contribution in [0.3, 0.4) is 0 Å². The molecule has 3 unspecified atom stereocenters. The maximum absolute atomic E-state index is 13.5. The maximum Gasteiger partial charge on any atom is 0.126 e. The molecule has 3 atom stereocenters. The molecule has 0 spiro atoms. The van der Waals surface area contributed by atoms with Crippen LogP contribution in [0, 0.1) is 11.6 Å². The number of benzene rings is 1. The summed E-state index contributed by atoms with van der Waals surface area (Å²) in [6.07, 6.45) is 1.65. The van der Waals surface area contributed by atoms with E-state index in [1.54, 1.807) is 0 Å². The molecule has 0 aliphatic carbocycles. The first-order valence-electron chi connectivity index (χ1n) is 9.63. The molecule has 0 radical (unpaired) electrons. The van der Waals surface area contributed by atoms with Gasteiger partial charge in [0.25, 0.3) is 0 Å². The summed E-state index contributed by atoms with van der Waals surface area (Å²) in [4.78, 5) is 10.2. The largest absolute Gasteiger partial charge is 0.390 e. The summed E-state index contributed by atoms with van der Waals surface area (Å²) in [6.45, 7) is 12.0. The summed E-state index contributed by atoms with van der Waals surface area (Å²) in [7, 11) is 1.96. The molecule has 0 bridgehead atoms. The molecule has 1 heterocycles. The van der Waals surface area contributed by atoms with Gasteiger partial charge in [-0.1, -0.05) is 0 Å². The molecule has 4 N–H and O–H groups in total. The molecule has 0 saturated carbocycles. The Morgan fingerprint density at radius 3 is 2.39 bits per heavy atom. The zero-order chi connectivity index (χ0) is 21.9. The van der Waals surface area contributed by atoms with Crippen LogP contribution in [0.25, 0.3) is 0 Å². The topological polar surface area (TPSA) is 78.6 Å². The van der Waals surface area contributed by atoms with E-state index in [1.165, 1.54) is 0 Å². The van der Waals surface area contributed by atoms with Crippen LogP contribution in [0.1, 0.15) is 46.1 Å². The standard InChI is InChI=1S/C15H22F2N2O.C5H13N.CH2O/c1-10-3-2-6-19(10)9-15(20)14(18)8-11-7-12(16)4-5-13(11)17;1-5(2,3)6-4;1-2/h4-5,7,10,14-15,20H,2-3,6,8-9,18H2,1H3;6H,1-4H3;1H2. The summed E-state index contributed by atoms with van der Waals surface area (Å²) < 4.78 is 26.6. The summed E-state index contributed by atoms with van der Waals surface area (Å²) in [6, 6.07) is 3.15. The maximum atomic E-state index is 13.5. The average Bonchev–Trinajstić information content (AvgIpc) is 3.04. The number of likely N-dealkylation sites (tertiary alicyclic amines) is 1. The lowest BCUT2D eigenvalue weighted by Gasteiger charge is -2.27. The fourth-order valence-electron chi connectivity index (χ4n) is 2.73. The van der Waals surface area contributed by atoms with Gasteiger partial charge in [0, 0.05) is 24.2 Å². The number of carbonyl (C=O) groups excluding carboxylic acids is 1. The molecule has 5 nitrogen and oxygen atoms in total. The van der Waals surface area contributed by atoms with Gasteiger partial charge in [0.1, 0.15) is 18.4 Å². The number of hydrogen-bond donors (Lipinski definition) is 3. The molecule has 7 heteroatoms. The van der Waals surface area contributed by atoms with Crippen molar-refractivity contribution >= 4 is 6.79 Å². The summed E-state index contributed by atoms with van der Waals surface area (Å²) in [5.41, 5.74) is 6.43. The summed E-state index contributed by atoms with van der Waals surface area (Å²) in [5.74, 6) is -0.972. The minimum Gasteiger partial charge on any atom is -0.390 e. The molecule has 1 aliphatic rings. The normalized spacial score (nSPS) is 19.1. The number of halogens is 2. The van der Waals surface area contributed by atoms with Gasteiger partial charge >= 0.3 is 0 Å². The number of β-amino-alcohol motifs (C(OH)–C–C–N with tert-alkyl or cyclic N) is 1. The average molecular weight is 402 g/mol. The fraction of sp³-hybridized carbons (Fsp3) is 0.667. The molecule has 1 fully saturated rings. The number of aliphatic hydroxyl groups is 1. The van der Waals surface area contributed by atoms with E-state index in [9.17, 15) is 13.9 Å². The fourth-order valence-corrected chi connectivity index (χ4v) is 2.73. The van der Waals surface area contributed by atoms with Gasteiger partial charge in [-0.3, -0.25) is 4.90 Å². The highest BCUT2D eigenvalue weighted by Crippen LogP contribution is 2.18. The van der Waals surface area contributed by atoms with E-state index < -0.39 is 23.8 Å². The monoisotopic (exact) mass is 401 g/mol. The lowest BCUT2D eigenvalue weighted by atomic mass is 10.0. The van der Waals surface area contributed by atoms with Crippen LogP contribution in [0.4, 0.5) is 8.78 Å². The minimum atomic E-state index is -0.738.